The molecule has 0 amide bonds. The van der Waals surface area contributed by atoms with E-state index < -0.39 is 8.07 Å². The Morgan fingerprint density at radius 3 is 1.27 bits per heavy atom. The molecule has 2 aromatic heterocycles. The minimum absolute atomic E-state index is 1.17. The third-order valence-corrected chi connectivity index (χ3v) is 16.7. The van der Waals surface area contributed by atoms with Crippen molar-refractivity contribution >= 4 is 72.4 Å². The quantitative estimate of drug-likeness (QED) is 0.163. The van der Waals surface area contributed by atoms with Gasteiger partial charge in [-0.3, -0.25) is 0 Å². The Kier molecular flexibility index (Phi) is 5.29. The maximum Gasteiger partial charge on any atom is 0.182 e. The van der Waals surface area contributed by atoms with Gasteiger partial charge >= 0.3 is 0 Å². The van der Waals surface area contributed by atoms with Crippen molar-refractivity contribution in [3.63, 3.8) is 0 Å². The molecule has 4 heterocycles. The first-order valence-electron chi connectivity index (χ1n) is 17.8. The van der Waals surface area contributed by atoms with Crippen LogP contribution in [-0.4, -0.2) is 17.2 Å². The Morgan fingerprint density at radius 1 is 0.294 bits per heavy atom. The molecule has 2 aliphatic rings. The highest BCUT2D eigenvalue weighted by Crippen LogP contribution is 2.43. The fourth-order valence-corrected chi connectivity index (χ4v) is 15.5. The average Bonchev–Trinajstić information content (AvgIpc) is 3.90. The number of hydrogen-bond donors (Lipinski definition) is 0. The highest BCUT2D eigenvalue weighted by molar-refractivity contribution is 7.24. The van der Waals surface area contributed by atoms with Gasteiger partial charge in [-0.25, -0.2) is 0 Å². The summed E-state index contributed by atoms with van der Waals surface area (Å²) in [6.45, 7) is 0. The molecule has 0 atom stereocenters. The summed E-state index contributed by atoms with van der Waals surface area (Å²) < 4.78 is 5.04. The third-order valence-electron chi connectivity index (χ3n) is 11.7. The lowest BCUT2D eigenvalue weighted by Crippen LogP contribution is -2.70. The number of fused-ring (bicyclic) bond motifs is 17. The summed E-state index contributed by atoms with van der Waals surface area (Å²) in [6.07, 6.45) is 0. The second-order valence-corrected chi connectivity index (χ2v) is 17.7. The molecule has 0 bridgehead atoms. The van der Waals surface area contributed by atoms with E-state index in [0.29, 0.717) is 0 Å². The van der Waals surface area contributed by atoms with Crippen LogP contribution in [0.4, 0.5) is 0 Å². The van der Waals surface area contributed by atoms with E-state index >= 15 is 0 Å². The predicted octanol–water partition coefficient (Wildman–Crippen LogP) is 9.22. The van der Waals surface area contributed by atoms with Crippen molar-refractivity contribution in [2.75, 3.05) is 0 Å². The van der Waals surface area contributed by atoms with E-state index in [-0.39, 0.29) is 0 Å². The van der Waals surface area contributed by atoms with Crippen LogP contribution >= 0.6 is 0 Å². The number of rotatable bonds is 2. The van der Waals surface area contributed by atoms with Gasteiger partial charge in [0.25, 0.3) is 0 Å². The van der Waals surface area contributed by atoms with Crippen LogP contribution in [-0.2, 0) is 0 Å². The average molecular weight is 663 g/mol. The maximum atomic E-state index is 2.57. The summed E-state index contributed by atoms with van der Waals surface area (Å²) in [7, 11) is -2.59. The first-order chi connectivity index (χ1) is 25.3. The molecular formula is C48H30N2Si. The van der Waals surface area contributed by atoms with Crippen LogP contribution < -0.4 is 20.7 Å². The molecule has 51 heavy (non-hydrogen) atoms. The van der Waals surface area contributed by atoms with Crippen LogP contribution in [0.1, 0.15) is 0 Å². The number of para-hydroxylation sites is 3. The lowest BCUT2D eigenvalue weighted by Gasteiger charge is -2.28. The summed E-state index contributed by atoms with van der Waals surface area (Å²) in [5, 5.41) is 11.1. The van der Waals surface area contributed by atoms with Crippen LogP contribution in [0, 0.1) is 0 Å². The second kappa shape index (κ2) is 9.84. The second-order valence-electron chi connectivity index (χ2n) is 14.0. The first-order valence-corrected chi connectivity index (χ1v) is 19.8. The monoisotopic (exact) mass is 662 g/mol. The topological polar surface area (TPSA) is 9.86 Å². The van der Waals surface area contributed by atoms with Gasteiger partial charge in [-0.15, -0.1) is 0 Å². The van der Waals surface area contributed by atoms with Crippen molar-refractivity contribution in [1.29, 1.82) is 0 Å². The van der Waals surface area contributed by atoms with Gasteiger partial charge in [-0.05, 0) is 79.4 Å². The third kappa shape index (κ3) is 3.32. The highest BCUT2D eigenvalue weighted by Gasteiger charge is 2.53. The predicted molar refractivity (Wildman–Crippen MR) is 217 cm³/mol. The molecule has 0 fully saturated rings. The van der Waals surface area contributed by atoms with Crippen molar-refractivity contribution in [2.24, 2.45) is 0 Å². The number of benzene rings is 8. The summed E-state index contributed by atoms with van der Waals surface area (Å²) >= 11 is 0. The van der Waals surface area contributed by atoms with Crippen LogP contribution in [0.5, 0.6) is 0 Å². The first kappa shape index (κ1) is 27.4. The molecular weight excluding hydrogens is 633 g/mol. The van der Waals surface area contributed by atoms with Crippen molar-refractivity contribution in [2.45, 2.75) is 0 Å². The zero-order valence-electron chi connectivity index (χ0n) is 27.7. The van der Waals surface area contributed by atoms with Gasteiger partial charge in [0.05, 0.1) is 22.1 Å². The van der Waals surface area contributed by atoms with Gasteiger partial charge < -0.3 is 9.13 Å². The molecule has 2 aliphatic heterocycles. The largest absolute Gasteiger partial charge is 0.307 e. The minimum Gasteiger partial charge on any atom is -0.307 e. The molecule has 10 aromatic rings. The Morgan fingerprint density at radius 2 is 0.725 bits per heavy atom. The standard InChI is InChI=1S/C48H30N2Si/c1-2-14-31(15-3-1)49-41-21-9-4-16-33(41)39-28-29-40-34-17-5-10-22-42(34)50(48(40)47(39)49)32-26-27-38-37-20-8-13-25-45(37)51(46(38)30-32)43-23-11-6-18-35(43)36-19-7-12-24-44(36)51/h1-30H. The van der Waals surface area contributed by atoms with Gasteiger partial charge in [-0.1, -0.05) is 146 Å². The number of hydrogen-bond acceptors (Lipinski definition) is 0. The molecule has 12 rings (SSSR count). The van der Waals surface area contributed by atoms with Gasteiger partial charge in [0.2, 0.25) is 0 Å². The van der Waals surface area contributed by atoms with Gasteiger partial charge in [0.1, 0.15) is 0 Å². The van der Waals surface area contributed by atoms with E-state index in [1.165, 1.54) is 98.0 Å². The minimum atomic E-state index is -2.59. The lowest BCUT2D eigenvalue weighted by molar-refractivity contribution is 1.15. The van der Waals surface area contributed by atoms with Gasteiger partial charge in [0.15, 0.2) is 8.07 Å². The maximum absolute atomic E-state index is 2.59. The van der Waals surface area contributed by atoms with Crippen LogP contribution in [0.3, 0.4) is 0 Å². The molecule has 8 aromatic carbocycles. The van der Waals surface area contributed by atoms with E-state index in [1.54, 1.807) is 0 Å². The number of aromatic nitrogens is 2. The zero-order valence-corrected chi connectivity index (χ0v) is 28.7. The van der Waals surface area contributed by atoms with Crippen LogP contribution in [0.25, 0.3) is 77.2 Å². The molecule has 0 unspecified atom stereocenters. The summed E-state index contributed by atoms with van der Waals surface area (Å²) in [5.74, 6) is 0. The molecule has 0 saturated carbocycles. The van der Waals surface area contributed by atoms with Gasteiger partial charge in [0, 0.05) is 32.9 Å². The molecule has 0 N–H and O–H groups in total. The van der Waals surface area contributed by atoms with E-state index in [0.717, 1.165) is 0 Å². The Hall–Kier alpha value is -6.42. The fourth-order valence-electron chi connectivity index (χ4n) is 9.84. The summed E-state index contributed by atoms with van der Waals surface area (Å²) in [4.78, 5) is 0. The Bertz CT molecular complexity index is 3030. The lowest BCUT2D eigenvalue weighted by atomic mass is 10.1. The molecule has 2 nitrogen and oxygen atoms in total. The summed E-state index contributed by atoms with van der Waals surface area (Å²) in [5.41, 5.74) is 12.8. The summed E-state index contributed by atoms with van der Waals surface area (Å²) in [6, 6.07) is 68.3. The van der Waals surface area contributed by atoms with Crippen LogP contribution in [0.2, 0.25) is 0 Å². The van der Waals surface area contributed by atoms with E-state index in [4.69, 9.17) is 0 Å². The normalized spacial score (nSPS) is 13.6. The SMILES string of the molecule is c1ccc(-n2c3ccccc3c3ccc4c5ccccc5n(-c5ccc6c(c5)[Si]5(c7ccccc7-c7ccccc75)c5ccccc5-6)c4c32)cc1. The number of nitrogens with zero attached hydrogens (tertiary/aromatic N) is 2. The van der Waals surface area contributed by atoms with Crippen molar-refractivity contribution in [3.8, 4) is 33.6 Å². The molecule has 0 radical (unpaired) electrons. The Labute approximate surface area is 296 Å². The van der Waals surface area contributed by atoms with Crippen LogP contribution in [0.15, 0.2) is 182 Å². The zero-order chi connectivity index (χ0) is 33.3. The highest BCUT2D eigenvalue weighted by atomic mass is 28.3. The molecule has 0 saturated heterocycles. The van der Waals surface area contributed by atoms with Gasteiger partial charge in [-0.2, -0.15) is 0 Å². The molecule has 236 valence electrons. The van der Waals surface area contributed by atoms with Crippen molar-refractivity contribution < 1.29 is 0 Å². The van der Waals surface area contributed by atoms with Crippen molar-refractivity contribution in [1.82, 2.24) is 9.13 Å². The van der Waals surface area contributed by atoms with Crippen molar-refractivity contribution in [3.05, 3.63) is 182 Å². The Balaban J connectivity index is 1.25. The molecule has 3 heteroatoms. The van der Waals surface area contributed by atoms with E-state index in [1.807, 2.05) is 0 Å². The van der Waals surface area contributed by atoms with E-state index in [9.17, 15) is 0 Å². The smallest absolute Gasteiger partial charge is 0.182 e. The molecule has 1 spiro atoms. The molecule has 0 aliphatic carbocycles. The van der Waals surface area contributed by atoms with E-state index in [2.05, 4.69) is 191 Å². The fraction of sp³-hybridized carbons (Fsp3) is 0.